The molecule has 0 aliphatic carbocycles. The molecule has 1 N–H and O–H groups in total. The van der Waals surface area contributed by atoms with E-state index in [9.17, 15) is 8.42 Å². The topological polar surface area (TPSA) is 46.2 Å². The van der Waals surface area contributed by atoms with Crippen molar-refractivity contribution in [3.8, 4) is 0 Å². The van der Waals surface area contributed by atoms with E-state index in [1.807, 2.05) is 39.8 Å². The highest BCUT2D eigenvalue weighted by Gasteiger charge is 2.25. The van der Waals surface area contributed by atoms with Gasteiger partial charge in [-0.2, -0.15) is 0 Å². The first-order valence-corrected chi connectivity index (χ1v) is 8.62. The molecule has 0 bridgehead atoms. The third-order valence-electron chi connectivity index (χ3n) is 3.51. The first kappa shape index (κ1) is 17.2. The summed E-state index contributed by atoms with van der Waals surface area (Å²) in [5.41, 5.74) is 1.06. The van der Waals surface area contributed by atoms with E-state index in [0.717, 1.165) is 6.42 Å². The molecule has 0 saturated heterocycles. The Kier molecular flexibility index (Phi) is 5.39. The first-order chi connectivity index (χ1) is 9.02. The van der Waals surface area contributed by atoms with Gasteiger partial charge in [-0.25, -0.2) is 13.1 Å². The maximum absolute atomic E-state index is 12.3. The summed E-state index contributed by atoms with van der Waals surface area (Å²) in [6, 6.07) is 7.06. The predicted molar refractivity (Wildman–Crippen MR) is 84.2 cm³/mol. The maximum Gasteiger partial charge on any atom is 0.240 e. The molecule has 20 heavy (non-hydrogen) atoms. The van der Waals surface area contributed by atoms with E-state index in [-0.39, 0.29) is 11.5 Å². The fraction of sp³-hybridized carbons (Fsp3) is 0.625. The van der Waals surface area contributed by atoms with E-state index in [2.05, 4.69) is 18.6 Å². The Morgan fingerprint density at radius 1 is 1.05 bits per heavy atom. The van der Waals surface area contributed by atoms with Crippen LogP contribution in [0.2, 0.25) is 0 Å². The van der Waals surface area contributed by atoms with Crippen molar-refractivity contribution in [2.75, 3.05) is 0 Å². The second-order valence-electron chi connectivity index (χ2n) is 6.95. The predicted octanol–water partition coefficient (Wildman–Crippen LogP) is 3.60. The van der Waals surface area contributed by atoms with Crippen LogP contribution >= 0.6 is 0 Å². The van der Waals surface area contributed by atoms with Crippen molar-refractivity contribution < 1.29 is 8.42 Å². The summed E-state index contributed by atoms with van der Waals surface area (Å²) < 4.78 is 27.4. The van der Waals surface area contributed by atoms with Crippen LogP contribution in [0.15, 0.2) is 29.2 Å². The summed E-state index contributed by atoms with van der Waals surface area (Å²) in [6.07, 6.45) is 0.964. The van der Waals surface area contributed by atoms with Gasteiger partial charge in [-0.05, 0) is 42.4 Å². The van der Waals surface area contributed by atoms with Crippen molar-refractivity contribution >= 4 is 10.0 Å². The molecule has 1 aromatic rings. The van der Waals surface area contributed by atoms with E-state index in [1.165, 1.54) is 5.56 Å². The molecule has 0 heterocycles. The number of nitrogens with one attached hydrogen (secondary N) is 1. The van der Waals surface area contributed by atoms with Crippen LogP contribution in [0.5, 0.6) is 0 Å². The van der Waals surface area contributed by atoms with Crippen LogP contribution in [0, 0.1) is 11.3 Å². The summed E-state index contributed by atoms with van der Waals surface area (Å²) in [5.74, 6) is 0.566. The molecular weight excluding hydrogens is 270 g/mol. The van der Waals surface area contributed by atoms with Crippen LogP contribution in [0.1, 0.15) is 47.1 Å². The highest BCUT2D eigenvalue weighted by atomic mass is 32.2. The highest BCUT2D eigenvalue weighted by Crippen LogP contribution is 2.21. The zero-order valence-electron chi connectivity index (χ0n) is 13.4. The molecule has 0 aliphatic heterocycles. The molecule has 0 amide bonds. The average molecular weight is 297 g/mol. The molecule has 3 nitrogen and oxygen atoms in total. The van der Waals surface area contributed by atoms with Gasteiger partial charge in [-0.15, -0.1) is 0 Å². The minimum Gasteiger partial charge on any atom is -0.208 e. The van der Waals surface area contributed by atoms with Crippen molar-refractivity contribution in [2.45, 2.75) is 58.9 Å². The summed E-state index contributed by atoms with van der Waals surface area (Å²) >= 11 is 0. The third-order valence-corrected chi connectivity index (χ3v) is 5.07. The van der Waals surface area contributed by atoms with Crippen molar-refractivity contribution in [1.29, 1.82) is 0 Å². The van der Waals surface area contributed by atoms with Gasteiger partial charge in [0, 0.05) is 6.04 Å². The second-order valence-corrected chi connectivity index (χ2v) is 8.66. The summed E-state index contributed by atoms with van der Waals surface area (Å²) in [4.78, 5) is 0.334. The van der Waals surface area contributed by atoms with Crippen LogP contribution < -0.4 is 4.72 Å². The van der Waals surface area contributed by atoms with E-state index in [1.54, 1.807) is 12.1 Å². The fourth-order valence-electron chi connectivity index (χ4n) is 1.75. The van der Waals surface area contributed by atoms with Gasteiger partial charge in [0.25, 0.3) is 0 Å². The lowest BCUT2D eigenvalue weighted by Gasteiger charge is -2.27. The number of sulfonamides is 1. The largest absolute Gasteiger partial charge is 0.240 e. The zero-order valence-corrected chi connectivity index (χ0v) is 14.2. The standard InChI is InChI=1S/C16H27NO2S/c1-12(2)11-14-7-9-15(10-8-14)20(18,19)17-13(3)16(4,5)6/h7-10,12-13,17H,11H2,1-6H3. The Morgan fingerprint density at radius 3 is 1.95 bits per heavy atom. The van der Waals surface area contributed by atoms with Gasteiger partial charge >= 0.3 is 0 Å². The summed E-state index contributed by atoms with van der Waals surface area (Å²) in [7, 11) is -3.44. The minimum absolute atomic E-state index is 0.106. The molecule has 1 unspecified atom stereocenters. The molecule has 0 fully saturated rings. The number of hydrogen-bond donors (Lipinski definition) is 1. The van der Waals surface area contributed by atoms with E-state index in [0.29, 0.717) is 10.8 Å². The quantitative estimate of drug-likeness (QED) is 0.902. The lowest BCUT2D eigenvalue weighted by molar-refractivity contribution is 0.317. The van der Waals surface area contributed by atoms with Crippen LogP contribution in [0.25, 0.3) is 0 Å². The molecule has 114 valence electrons. The van der Waals surface area contributed by atoms with Crippen molar-refractivity contribution in [2.24, 2.45) is 11.3 Å². The van der Waals surface area contributed by atoms with Gasteiger partial charge in [-0.1, -0.05) is 46.8 Å². The molecule has 0 spiro atoms. The Hall–Kier alpha value is -0.870. The van der Waals surface area contributed by atoms with E-state index >= 15 is 0 Å². The normalized spacial score (nSPS) is 14.6. The van der Waals surface area contributed by atoms with Gasteiger partial charge < -0.3 is 0 Å². The minimum atomic E-state index is -3.44. The lowest BCUT2D eigenvalue weighted by atomic mass is 9.89. The van der Waals surface area contributed by atoms with Gasteiger partial charge in [0.15, 0.2) is 0 Å². The van der Waals surface area contributed by atoms with E-state index < -0.39 is 10.0 Å². The monoisotopic (exact) mass is 297 g/mol. The second kappa shape index (κ2) is 6.27. The first-order valence-electron chi connectivity index (χ1n) is 7.13. The van der Waals surface area contributed by atoms with Gasteiger partial charge in [0.2, 0.25) is 10.0 Å². The Labute approximate surface area is 123 Å². The van der Waals surface area contributed by atoms with Crippen LogP contribution in [0.4, 0.5) is 0 Å². The SMILES string of the molecule is CC(C)Cc1ccc(S(=O)(=O)NC(C)C(C)(C)C)cc1. The molecule has 0 radical (unpaired) electrons. The number of hydrogen-bond acceptors (Lipinski definition) is 2. The number of rotatable bonds is 5. The molecule has 1 rings (SSSR count). The molecule has 0 aromatic heterocycles. The van der Waals surface area contributed by atoms with Crippen molar-refractivity contribution in [1.82, 2.24) is 4.72 Å². The van der Waals surface area contributed by atoms with Gasteiger partial charge in [0.1, 0.15) is 0 Å². The van der Waals surface area contributed by atoms with Crippen molar-refractivity contribution in [3.05, 3.63) is 29.8 Å². The van der Waals surface area contributed by atoms with Gasteiger partial charge in [0.05, 0.1) is 4.90 Å². The summed E-state index contributed by atoms with van der Waals surface area (Å²) in [5, 5.41) is 0. The van der Waals surface area contributed by atoms with Crippen LogP contribution in [-0.2, 0) is 16.4 Å². The molecule has 1 aromatic carbocycles. The van der Waals surface area contributed by atoms with Crippen LogP contribution in [-0.4, -0.2) is 14.5 Å². The Balaban J connectivity index is 2.88. The average Bonchev–Trinajstić information content (AvgIpc) is 2.26. The zero-order chi connectivity index (χ0) is 15.6. The van der Waals surface area contributed by atoms with E-state index in [4.69, 9.17) is 0 Å². The Morgan fingerprint density at radius 2 is 1.55 bits per heavy atom. The highest BCUT2D eigenvalue weighted by molar-refractivity contribution is 7.89. The molecule has 0 saturated carbocycles. The van der Waals surface area contributed by atoms with Crippen LogP contribution in [0.3, 0.4) is 0 Å². The molecule has 1 atom stereocenters. The molecular formula is C16H27NO2S. The number of benzene rings is 1. The van der Waals surface area contributed by atoms with Gasteiger partial charge in [-0.3, -0.25) is 0 Å². The maximum atomic E-state index is 12.3. The molecule has 4 heteroatoms. The van der Waals surface area contributed by atoms with Crippen molar-refractivity contribution in [3.63, 3.8) is 0 Å². The molecule has 0 aliphatic rings. The summed E-state index contributed by atoms with van der Waals surface area (Å²) in [6.45, 7) is 12.3. The third kappa shape index (κ3) is 4.91. The lowest BCUT2D eigenvalue weighted by Crippen LogP contribution is -2.41. The smallest absolute Gasteiger partial charge is 0.208 e. The Bertz CT molecular complexity index is 525. The fourth-order valence-corrected chi connectivity index (χ4v) is 3.20.